The van der Waals surface area contributed by atoms with E-state index in [4.69, 9.17) is 34.8 Å². The Balaban J connectivity index is 2.59. The Bertz CT molecular complexity index is 662. The molecular formula is C15H12Cl3F2N. The molecule has 0 aliphatic rings. The van der Waals surface area contributed by atoms with Crippen LogP contribution in [0.1, 0.15) is 24.1 Å². The molecule has 1 unspecified atom stereocenters. The van der Waals surface area contributed by atoms with E-state index in [-0.39, 0.29) is 10.6 Å². The van der Waals surface area contributed by atoms with Gasteiger partial charge in [-0.1, -0.05) is 53.9 Å². The normalized spacial score (nSPS) is 12.5. The average Bonchev–Trinajstić information content (AvgIpc) is 2.44. The van der Waals surface area contributed by atoms with Gasteiger partial charge in [0.05, 0.1) is 21.1 Å². The predicted octanol–water partition coefficient (Wildman–Crippen LogP) is 5.62. The van der Waals surface area contributed by atoms with E-state index in [2.05, 4.69) is 5.32 Å². The van der Waals surface area contributed by atoms with Crippen molar-refractivity contribution in [2.45, 2.75) is 13.0 Å². The maximum Gasteiger partial charge on any atom is 0.142 e. The second kappa shape index (κ2) is 6.93. The van der Waals surface area contributed by atoms with E-state index < -0.39 is 17.7 Å². The molecule has 0 saturated carbocycles. The van der Waals surface area contributed by atoms with E-state index in [9.17, 15) is 8.78 Å². The smallest absolute Gasteiger partial charge is 0.142 e. The zero-order valence-corrected chi connectivity index (χ0v) is 13.3. The summed E-state index contributed by atoms with van der Waals surface area (Å²) in [5.74, 6) is -1.29. The maximum absolute atomic E-state index is 14.2. The Morgan fingerprint density at radius 3 is 2.38 bits per heavy atom. The SMILES string of the molecule is CCNC(c1cc(F)c(Cl)cc1F)c1cccc(Cl)c1Cl. The number of benzene rings is 2. The van der Waals surface area contributed by atoms with Crippen LogP contribution < -0.4 is 5.32 Å². The topological polar surface area (TPSA) is 12.0 Å². The lowest BCUT2D eigenvalue weighted by atomic mass is 9.98. The first kappa shape index (κ1) is 16.5. The fraction of sp³-hybridized carbons (Fsp3) is 0.200. The van der Waals surface area contributed by atoms with Crippen LogP contribution in [0.3, 0.4) is 0 Å². The Morgan fingerprint density at radius 2 is 1.71 bits per heavy atom. The molecule has 1 atom stereocenters. The molecule has 0 aliphatic heterocycles. The number of halogens is 5. The van der Waals surface area contributed by atoms with Crippen molar-refractivity contribution in [3.8, 4) is 0 Å². The summed E-state index contributed by atoms with van der Waals surface area (Å²) < 4.78 is 27.8. The largest absolute Gasteiger partial charge is 0.306 e. The molecule has 112 valence electrons. The van der Waals surface area contributed by atoms with Crippen LogP contribution in [0.5, 0.6) is 0 Å². The molecule has 1 nitrogen and oxygen atoms in total. The molecule has 2 aromatic carbocycles. The van der Waals surface area contributed by atoms with Crippen molar-refractivity contribution in [3.63, 3.8) is 0 Å². The Morgan fingerprint density at radius 1 is 1.00 bits per heavy atom. The Labute approximate surface area is 136 Å². The van der Waals surface area contributed by atoms with E-state index in [1.165, 1.54) is 0 Å². The minimum Gasteiger partial charge on any atom is -0.306 e. The van der Waals surface area contributed by atoms with Gasteiger partial charge < -0.3 is 5.32 Å². The van der Waals surface area contributed by atoms with Crippen LogP contribution in [-0.2, 0) is 0 Å². The van der Waals surface area contributed by atoms with Gasteiger partial charge in [-0.2, -0.15) is 0 Å². The molecule has 0 aliphatic carbocycles. The number of rotatable bonds is 4. The lowest BCUT2D eigenvalue weighted by Gasteiger charge is -2.21. The summed E-state index contributed by atoms with van der Waals surface area (Å²) in [5.41, 5.74) is 0.703. The molecule has 2 aromatic rings. The van der Waals surface area contributed by atoms with Crippen molar-refractivity contribution in [3.05, 3.63) is 68.2 Å². The highest BCUT2D eigenvalue weighted by molar-refractivity contribution is 6.42. The molecule has 0 fully saturated rings. The van der Waals surface area contributed by atoms with Gasteiger partial charge in [-0.3, -0.25) is 0 Å². The molecule has 0 radical (unpaired) electrons. The van der Waals surface area contributed by atoms with Crippen molar-refractivity contribution >= 4 is 34.8 Å². The maximum atomic E-state index is 14.2. The molecule has 0 aromatic heterocycles. The van der Waals surface area contributed by atoms with Crippen LogP contribution in [0.15, 0.2) is 30.3 Å². The molecule has 1 N–H and O–H groups in total. The Hall–Kier alpha value is -0.870. The summed E-state index contributed by atoms with van der Waals surface area (Å²) in [7, 11) is 0. The highest BCUT2D eigenvalue weighted by Gasteiger charge is 2.22. The molecule has 0 bridgehead atoms. The molecule has 21 heavy (non-hydrogen) atoms. The van der Waals surface area contributed by atoms with E-state index in [0.717, 1.165) is 12.1 Å². The van der Waals surface area contributed by atoms with Gasteiger partial charge in [-0.25, -0.2) is 8.78 Å². The Kier molecular flexibility index (Phi) is 5.44. The van der Waals surface area contributed by atoms with Gasteiger partial charge in [-0.15, -0.1) is 0 Å². The van der Waals surface area contributed by atoms with E-state index in [0.29, 0.717) is 22.2 Å². The summed E-state index contributed by atoms with van der Waals surface area (Å²) in [6.45, 7) is 2.40. The van der Waals surface area contributed by atoms with Gasteiger partial charge >= 0.3 is 0 Å². The highest BCUT2D eigenvalue weighted by Crippen LogP contribution is 2.35. The van der Waals surface area contributed by atoms with Crippen LogP contribution >= 0.6 is 34.8 Å². The molecular weight excluding hydrogens is 339 g/mol. The van der Waals surface area contributed by atoms with Crippen molar-refractivity contribution in [1.29, 1.82) is 0 Å². The second-order valence-corrected chi connectivity index (χ2v) is 5.61. The van der Waals surface area contributed by atoms with Gasteiger partial charge in [-0.05, 0) is 30.3 Å². The van der Waals surface area contributed by atoms with Crippen molar-refractivity contribution < 1.29 is 8.78 Å². The summed E-state index contributed by atoms with van der Waals surface area (Å²) in [5, 5.41) is 3.48. The number of hydrogen-bond acceptors (Lipinski definition) is 1. The van der Waals surface area contributed by atoms with Gasteiger partial charge in [0.2, 0.25) is 0 Å². The summed E-state index contributed by atoms with van der Waals surface area (Å²) >= 11 is 17.8. The second-order valence-electron chi connectivity index (χ2n) is 4.42. The van der Waals surface area contributed by atoms with Crippen LogP contribution in [0.2, 0.25) is 15.1 Å². The predicted molar refractivity (Wildman–Crippen MR) is 83.3 cm³/mol. The van der Waals surface area contributed by atoms with Gasteiger partial charge in [0, 0.05) is 5.56 Å². The van der Waals surface area contributed by atoms with Crippen LogP contribution in [0.4, 0.5) is 8.78 Å². The first-order valence-corrected chi connectivity index (χ1v) is 7.40. The van der Waals surface area contributed by atoms with Crippen molar-refractivity contribution in [2.75, 3.05) is 6.54 Å². The number of nitrogens with one attached hydrogen (secondary N) is 1. The summed E-state index contributed by atoms with van der Waals surface area (Å²) in [6.07, 6.45) is 0. The third-order valence-corrected chi connectivity index (χ3v) is 4.17. The quantitative estimate of drug-likeness (QED) is 0.705. The average molecular weight is 351 g/mol. The minimum atomic E-state index is -0.686. The van der Waals surface area contributed by atoms with E-state index >= 15 is 0 Å². The third kappa shape index (κ3) is 3.49. The fourth-order valence-corrected chi connectivity index (χ4v) is 2.66. The van der Waals surface area contributed by atoms with E-state index in [1.807, 2.05) is 6.92 Å². The van der Waals surface area contributed by atoms with Gasteiger partial charge in [0.15, 0.2) is 0 Å². The summed E-state index contributed by atoms with van der Waals surface area (Å²) in [4.78, 5) is 0. The molecule has 6 heteroatoms. The van der Waals surface area contributed by atoms with E-state index in [1.54, 1.807) is 18.2 Å². The minimum absolute atomic E-state index is 0.128. The van der Waals surface area contributed by atoms with Gasteiger partial charge in [0.1, 0.15) is 11.6 Å². The third-order valence-electron chi connectivity index (χ3n) is 3.05. The first-order chi connectivity index (χ1) is 9.95. The fourth-order valence-electron chi connectivity index (χ4n) is 2.09. The monoisotopic (exact) mass is 349 g/mol. The van der Waals surface area contributed by atoms with Crippen LogP contribution in [-0.4, -0.2) is 6.54 Å². The molecule has 0 saturated heterocycles. The molecule has 2 rings (SSSR count). The number of hydrogen-bond donors (Lipinski definition) is 1. The van der Waals surface area contributed by atoms with Crippen LogP contribution in [0, 0.1) is 11.6 Å². The summed E-state index contributed by atoms with van der Waals surface area (Å²) in [6, 6.07) is 6.46. The molecule has 0 heterocycles. The zero-order chi connectivity index (χ0) is 15.6. The molecule has 0 spiro atoms. The highest BCUT2D eigenvalue weighted by atomic mass is 35.5. The lowest BCUT2D eigenvalue weighted by molar-refractivity contribution is 0.545. The standard InChI is InChI=1S/C15H12Cl3F2N/c1-2-21-15(8-4-3-5-10(16)14(8)18)9-6-13(20)11(17)7-12(9)19/h3-7,15,21H,2H2,1H3. The van der Waals surface area contributed by atoms with Crippen LogP contribution in [0.25, 0.3) is 0 Å². The van der Waals surface area contributed by atoms with Crippen molar-refractivity contribution in [1.82, 2.24) is 5.32 Å². The lowest BCUT2D eigenvalue weighted by Crippen LogP contribution is -2.23. The van der Waals surface area contributed by atoms with Crippen molar-refractivity contribution in [2.24, 2.45) is 0 Å². The van der Waals surface area contributed by atoms with Gasteiger partial charge in [0.25, 0.3) is 0 Å². The molecule has 0 amide bonds. The zero-order valence-electron chi connectivity index (χ0n) is 11.1. The first-order valence-electron chi connectivity index (χ1n) is 6.27.